The molecule has 0 fully saturated rings. The lowest BCUT2D eigenvalue weighted by molar-refractivity contribution is -0.220. The molecule has 0 aromatic carbocycles. The molecule has 0 aromatic rings. The normalized spacial score (nSPS) is 15.5. The van der Waals surface area contributed by atoms with E-state index in [2.05, 4.69) is 13.8 Å². The molecule has 0 saturated heterocycles. The smallest absolute Gasteiger partial charge is 0.183 e. The second-order valence-electron chi connectivity index (χ2n) is 5.59. The van der Waals surface area contributed by atoms with Gasteiger partial charge in [-0.1, -0.05) is 58.8 Å². The van der Waals surface area contributed by atoms with Crippen LogP contribution in [0.3, 0.4) is 0 Å². The van der Waals surface area contributed by atoms with Gasteiger partial charge in [-0.15, -0.1) is 11.6 Å². The quantitative estimate of drug-likeness (QED) is 0.268. The highest BCUT2D eigenvalue weighted by Gasteiger charge is 2.46. The van der Waals surface area contributed by atoms with E-state index in [1.54, 1.807) is 14.2 Å². The van der Waals surface area contributed by atoms with Crippen LogP contribution in [0, 0.1) is 0 Å². The van der Waals surface area contributed by atoms with Gasteiger partial charge in [0.2, 0.25) is 0 Å². The Morgan fingerprint density at radius 3 is 1.79 bits per heavy atom. The summed E-state index contributed by atoms with van der Waals surface area (Å²) in [5.41, 5.74) is 0. The van der Waals surface area contributed by atoms with Crippen molar-refractivity contribution in [1.82, 2.24) is 0 Å². The van der Waals surface area contributed by atoms with Crippen molar-refractivity contribution in [3.8, 4) is 0 Å². The molecular formula is C16H33ClO2. The number of unbranched alkanes of at least 4 members (excludes halogenated alkanes) is 5. The van der Waals surface area contributed by atoms with Crippen LogP contribution in [0.15, 0.2) is 0 Å². The fraction of sp³-hybridized carbons (Fsp3) is 1.00. The van der Waals surface area contributed by atoms with Gasteiger partial charge in [0, 0.05) is 14.2 Å². The zero-order chi connectivity index (χ0) is 14.8. The summed E-state index contributed by atoms with van der Waals surface area (Å²) >= 11 is 6.84. The molecular weight excluding hydrogens is 260 g/mol. The Balaban J connectivity index is 4.30. The van der Waals surface area contributed by atoms with E-state index < -0.39 is 10.7 Å². The molecule has 0 N–H and O–H groups in total. The van der Waals surface area contributed by atoms with Gasteiger partial charge in [0.25, 0.3) is 0 Å². The summed E-state index contributed by atoms with van der Waals surface area (Å²) in [5.74, 6) is -0.700. The summed E-state index contributed by atoms with van der Waals surface area (Å²) < 4.78 is 11.1. The molecule has 0 heterocycles. The van der Waals surface area contributed by atoms with Gasteiger partial charge < -0.3 is 9.47 Å². The van der Waals surface area contributed by atoms with Crippen molar-refractivity contribution >= 4 is 11.6 Å². The zero-order valence-electron chi connectivity index (χ0n) is 13.6. The average molecular weight is 293 g/mol. The monoisotopic (exact) mass is 292 g/mol. The maximum Gasteiger partial charge on any atom is 0.183 e. The van der Waals surface area contributed by atoms with Crippen LogP contribution in [-0.2, 0) is 9.47 Å². The molecule has 2 nitrogen and oxygen atoms in total. The topological polar surface area (TPSA) is 18.5 Å². The fourth-order valence-corrected chi connectivity index (χ4v) is 3.09. The molecule has 0 aliphatic carbocycles. The first-order valence-electron chi connectivity index (χ1n) is 7.79. The van der Waals surface area contributed by atoms with Crippen LogP contribution in [0.4, 0.5) is 0 Å². The molecule has 0 saturated carbocycles. The van der Waals surface area contributed by atoms with E-state index in [-0.39, 0.29) is 0 Å². The van der Waals surface area contributed by atoms with Crippen molar-refractivity contribution in [1.29, 1.82) is 0 Å². The number of methoxy groups -OCH3 is 2. The van der Waals surface area contributed by atoms with Crippen molar-refractivity contribution in [2.24, 2.45) is 0 Å². The van der Waals surface area contributed by atoms with Gasteiger partial charge in [0.05, 0.1) is 4.87 Å². The van der Waals surface area contributed by atoms with Gasteiger partial charge in [0.15, 0.2) is 5.79 Å². The fourth-order valence-electron chi connectivity index (χ4n) is 2.61. The third kappa shape index (κ3) is 6.01. The molecule has 0 aliphatic rings. The van der Waals surface area contributed by atoms with Crippen molar-refractivity contribution < 1.29 is 9.47 Å². The lowest BCUT2D eigenvalue weighted by atomic mass is 9.87. The second-order valence-corrected chi connectivity index (χ2v) is 6.31. The maximum atomic E-state index is 6.84. The summed E-state index contributed by atoms with van der Waals surface area (Å²) in [6.07, 6.45) is 10.6. The van der Waals surface area contributed by atoms with Crippen molar-refractivity contribution in [2.75, 3.05) is 14.2 Å². The van der Waals surface area contributed by atoms with Gasteiger partial charge in [-0.25, -0.2) is 0 Å². The number of hydrogen-bond donors (Lipinski definition) is 0. The first kappa shape index (κ1) is 19.2. The predicted octanol–water partition coefficient (Wildman–Crippen LogP) is 5.52. The number of hydrogen-bond acceptors (Lipinski definition) is 2. The molecule has 0 spiro atoms. The SMILES string of the molecule is CCCCCCCC[C@](Cl)(CCC)C(C)(OC)OC. The van der Waals surface area contributed by atoms with E-state index in [4.69, 9.17) is 21.1 Å². The first-order valence-corrected chi connectivity index (χ1v) is 8.16. The Hall–Kier alpha value is 0.210. The van der Waals surface area contributed by atoms with Crippen LogP contribution < -0.4 is 0 Å². The highest BCUT2D eigenvalue weighted by atomic mass is 35.5. The molecule has 0 aliphatic heterocycles. The second kappa shape index (κ2) is 10.0. The van der Waals surface area contributed by atoms with E-state index in [9.17, 15) is 0 Å². The van der Waals surface area contributed by atoms with E-state index in [1.807, 2.05) is 6.92 Å². The van der Waals surface area contributed by atoms with Crippen molar-refractivity contribution in [2.45, 2.75) is 89.2 Å². The third-order valence-corrected chi connectivity index (χ3v) is 4.89. The van der Waals surface area contributed by atoms with E-state index in [1.165, 1.54) is 32.1 Å². The lowest BCUT2D eigenvalue weighted by Gasteiger charge is -2.42. The van der Waals surface area contributed by atoms with Gasteiger partial charge in [-0.05, 0) is 19.8 Å². The van der Waals surface area contributed by atoms with Crippen LogP contribution in [-0.4, -0.2) is 24.9 Å². The third-order valence-electron chi connectivity index (χ3n) is 4.17. The number of rotatable bonds is 12. The van der Waals surface area contributed by atoms with Gasteiger partial charge in [-0.3, -0.25) is 0 Å². The molecule has 116 valence electrons. The average Bonchev–Trinajstić information content (AvgIpc) is 2.42. The number of alkyl halides is 1. The van der Waals surface area contributed by atoms with Crippen LogP contribution in [0.1, 0.15) is 78.6 Å². The van der Waals surface area contributed by atoms with E-state index >= 15 is 0 Å². The van der Waals surface area contributed by atoms with Gasteiger partial charge in [0.1, 0.15) is 0 Å². The number of halogens is 1. The highest BCUT2D eigenvalue weighted by Crippen LogP contribution is 2.41. The van der Waals surface area contributed by atoms with Crippen molar-refractivity contribution in [3.05, 3.63) is 0 Å². The molecule has 0 unspecified atom stereocenters. The minimum atomic E-state index is -0.700. The standard InChI is InChI=1S/C16H33ClO2/c1-6-8-9-10-11-12-14-16(17,13-7-2)15(3,18-4)19-5/h6-14H2,1-5H3/t16-/m1/s1. The first-order chi connectivity index (χ1) is 8.99. The van der Waals surface area contributed by atoms with Crippen molar-refractivity contribution in [3.63, 3.8) is 0 Å². The summed E-state index contributed by atoms with van der Waals surface area (Å²) in [6.45, 7) is 6.35. The Morgan fingerprint density at radius 1 is 0.789 bits per heavy atom. The molecule has 0 aromatic heterocycles. The molecule has 0 radical (unpaired) electrons. The zero-order valence-corrected chi connectivity index (χ0v) is 14.3. The van der Waals surface area contributed by atoms with Crippen LogP contribution >= 0.6 is 11.6 Å². The highest BCUT2D eigenvalue weighted by molar-refractivity contribution is 6.24. The van der Waals surface area contributed by atoms with E-state index in [0.717, 1.165) is 25.7 Å². The summed E-state index contributed by atoms with van der Waals surface area (Å²) in [7, 11) is 3.36. The maximum absolute atomic E-state index is 6.84. The van der Waals surface area contributed by atoms with Gasteiger partial charge >= 0.3 is 0 Å². The minimum absolute atomic E-state index is 0.421. The van der Waals surface area contributed by atoms with Crippen LogP contribution in [0.2, 0.25) is 0 Å². The Kier molecular flexibility index (Phi) is 10.1. The number of ether oxygens (including phenoxy) is 2. The molecule has 0 rings (SSSR count). The lowest BCUT2D eigenvalue weighted by Crippen LogP contribution is -2.50. The van der Waals surface area contributed by atoms with E-state index in [0.29, 0.717) is 0 Å². The summed E-state index contributed by atoms with van der Waals surface area (Å²) in [5, 5.41) is 0. The van der Waals surface area contributed by atoms with Crippen LogP contribution in [0.25, 0.3) is 0 Å². The summed E-state index contributed by atoms with van der Waals surface area (Å²) in [6, 6.07) is 0. The Morgan fingerprint density at radius 2 is 1.32 bits per heavy atom. The molecule has 3 heteroatoms. The minimum Gasteiger partial charge on any atom is -0.352 e. The Bertz CT molecular complexity index is 217. The predicted molar refractivity (Wildman–Crippen MR) is 83.9 cm³/mol. The molecule has 19 heavy (non-hydrogen) atoms. The summed E-state index contributed by atoms with van der Waals surface area (Å²) in [4.78, 5) is -0.421. The molecule has 1 atom stereocenters. The molecule has 0 amide bonds. The molecule has 0 bridgehead atoms. The van der Waals surface area contributed by atoms with Gasteiger partial charge in [-0.2, -0.15) is 0 Å². The van der Waals surface area contributed by atoms with Crippen LogP contribution in [0.5, 0.6) is 0 Å². The Labute approximate surface area is 125 Å². The largest absolute Gasteiger partial charge is 0.352 e.